The lowest BCUT2D eigenvalue weighted by atomic mass is 9.87. The van der Waals surface area contributed by atoms with E-state index in [0.717, 1.165) is 5.92 Å². The Morgan fingerprint density at radius 3 is 1.89 bits per heavy atom. The molecule has 0 radical (unpaired) electrons. The van der Waals surface area contributed by atoms with E-state index in [9.17, 15) is 0 Å². The fraction of sp³-hybridized carbons (Fsp3) is 0.667. The van der Waals surface area contributed by atoms with Crippen molar-refractivity contribution in [2.45, 2.75) is 67.0 Å². The monoisotopic (exact) mass is 261 g/mol. The van der Waals surface area contributed by atoms with Gasteiger partial charge in [0.15, 0.2) is 0 Å². The van der Waals surface area contributed by atoms with E-state index in [-0.39, 0.29) is 0 Å². The molecule has 1 heteroatoms. The van der Waals surface area contributed by atoms with Crippen LogP contribution in [-0.4, -0.2) is 6.04 Å². The van der Waals surface area contributed by atoms with Crippen LogP contribution in [0.2, 0.25) is 0 Å². The minimum Gasteiger partial charge on any atom is -0.307 e. The molecule has 0 fully saturated rings. The van der Waals surface area contributed by atoms with E-state index in [1.807, 2.05) is 0 Å². The van der Waals surface area contributed by atoms with Crippen molar-refractivity contribution in [2.75, 3.05) is 0 Å². The number of rotatable bonds is 5. The summed E-state index contributed by atoms with van der Waals surface area (Å²) in [4.78, 5) is 0. The van der Waals surface area contributed by atoms with Gasteiger partial charge in [0.25, 0.3) is 0 Å². The first-order chi connectivity index (χ1) is 8.70. The molecule has 2 atom stereocenters. The molecule has 0 aliphatic heterocycles. The summed E-state index contributed by atoms with van der Waals surface area (Å²) in [6.07, 6.45) is 1.17. The van der Waals surface area contributed by atoms with Gasteiger partial charge < -0.3 is 5.32 Å². The second kappa shape index (κ2) is 6.56. The summed E-state index contributed by atoms with van der Waals surface area (Å²) in [5.74, 6) is 0.724. The molecule has 2 unspecified atom stereocenters. The summed E-state index contributed by atoms with van der Waals surface area (Å²) in [7, 11) is 0. The molecule has 0 bridgehead atoms. The molecule has 1 aromatic rings. The topological polar surface area (TPSA) is 12.0 Å². The molecule has 1 nitrogen and oxygen atoms in total. The third-order valence-electron chi connectivity index (χ3n) is 3.92. The molecular formula is C18H31N. The zero-order chi connectivity index (χ0) is 14.6. The molecule has 0 aromatic heterocycles. The molecule has 0 heterocycles. The first-order valence-corrected chi connectivity index (χ1v) is 7.55. The van der Waals surface area contributed by atoms with Gasteiger partial charge in [0.05, 0.1) is 0 Å². The van der Waals surface area contributed by atoms with Gasteiger partial charge in [0.2, 0.25) is 0 Å². The van der Waals surface area contributed by atoms with E-state index in [1.54, 1.807) is 0 Å². The first-order valence-electron chi connectivity index (χ1n) is 7.55. The summed E-state index contributed by atoms with van der Waals surface area (Å²) < 4.78 is 0. The number of nitrogens with one attached hydrogen (secondary N) is 1. The lowest BCUT2D eigenvalue weighted by Gasteiger charge is -2.31. The highest BCUT2D eigenvalue weighted by atomic mass is 15.0. The van der Waals surface area contributed by atoms with Crippen LogP contribution in [0.1, 0.15) is 65.6 Å². The van der Waals surface area contributed by atoms with Crippen LogP contribution >= 0.6 is 0 Å². The molecule has 1 rings (SSSR count). The van der Waals surface area contributed by atoms with Crippen LogP contribution in [0.15, 0.2) is 24.3 Å². The van der Waals surface area contributed by atoms with E-state index in [0.29, 0.717) is 17.5 Å². The minimum atomic E-state index is 0.297. The standard InChI is InChI=1S/C18H31N/c1-13(2)12-16-8-10-17(11-9-16)14(3)19-15(4)18(5,6)7/h8-11,13-15,19H,12H2,1-7H3. The normalized spacial score (nSPS) is 15.6. The molecular weight excluding hydrogens is 230 g/mol. The van der Waals surface area contributed by atoms with Gasteiger partial charge in [0.1, 0.15) is 0 Å². The average molecular weight is 261 g/mol. The molecule has 1 aromatic carbocycles. The Morgan fingerprint density at radius 1 is 0.947 bits per heavy atom. The molecule has 0 saturated heterocycles. The predicted octanol–water partition coefficient (Wildman–Crippen LogP) is 4.97. The Bertz CT molecular complexity index is 370. The molecule has 108 valence electrons. The Hall–Kier alpha value is -0.820. The van der Waals surface area contributed by atoms with Crippen molar-refractivity contribution in [2.24, 2.45) is 11.3 Å². The number of hydrogen-bond donors (Lipinski definition) is 1. The van der Waals surface area contributed by atoms with Crippen LogP contribution < -0.4 is 5.32 Å². The average Bonchev–Trinajstić information content (AvgIpc) is 2.27. The molecule has 0 amide bonds. The van der Waals surface area contributed by atoms with E-state index < -0.39 is 0 Å². The summed E-state index contributed by atoms with van der Waals surface area (Å²) in [6, 6.07) is 9.99. The lowest BCUT2D eigenvalue weighted by molar-refractivity contribution is 0.268. The maximum atomic E-state index is 3.70. The lowest BCUT2D eigenvalue weighted by Crippen LogP contribution is -2.39. The number of hydrogen-bond acceptors (Lipinski definition) is 1. The van der Waals surface area contributed by atoms with Crippen molar-refractivity contribution in [3.8, 4) is 0 Å². The maximum Gasteiger partial charge on any atom is 0.0294 e. The highest BCUT2D eigenvalue weighted by Gasteiger charge is 2.21. The van der Waals surface area contributed by atoms with Crippen LogP contribution in [-0.2, 0) is 6.42 Å². The summed E-state index contributed by atoms with van der Waals surface area (Å²) >= 11 is 0. The van der Waals surface area contributed by atoms with Gasteiger partial charge in [-0.15, -0.1) is 0 Å². The number of benzene rings is 1. The van der Waals surface area contributed by atoms with Crippen molar-refractivity contribution >= 4 is 0 Å². The fourth-order valence-corrected chi connectivity index (χ4v) is 2.14. The fourth-order valence-electron chi connectivity index (χ4n) is 2.14. The second-order valence-corrected chi connectivity index (χ2v) is 7.32. The smallest absolute Gasteiger partial charge is 0.0294 e. The van der Waals surface area contributed by atoms with Gasteiger partial charge in [0, 0.05) is 12.1 Å². The van der Waals surface area contributed by atoms with Crippen LogP contribution in [0.4, 0.5) is 0 Å². The van der Waals surface area contributed by atoms with Gasteiger partial charge in [-0.05, 0) is 42.7 Å². The Morgan fingerprint density at radius 2 is 1.47 bits per heavy atom. The van der Waals surface area contributed by atoms with Gasteiger partial charge in [-0.2, -0.15) is 0 Å². The largest absolute Gasteiger partial charge is 0.307 e. The highest BCUT2D eigenvalue weighted by molar-refractivity contribution is 5.25. The Labute approximate surface area is 119 Å². The zero-order valence-corrected chi connectivity index (χ0v) is 13.7. The zero-order valence-electron chi connectivity index (χ0n) is 13.7. The highest BCUT2D eigenvalue weighted by Crippen LogP contribution is 2.23. The predicted molar refractivity (Wildman–Crippen MR) is 85.5 cm³/mol. The van der Waals surface area contributed by atoms with Crippen molar-refractivity contribution in [1.82, 2.24) is 5.32 Å². The van der Waals surface area contributed by atoms with E-state index in [1.165, 1.54) is 17.5 Å². The second-order valence-electron chi connectivity index (χ2n) is 7.32. The van der Waals surface area contributed by atoms with Crippen LogP contribution in [0.5, 0.6) is 0 Å². The van der Waals surface area contributed by atoms with Crippen LogP contribution in [0.3, 0.4) is 0 Å². The first kappa shape index (κ1) is 16.2. The maximum absolute atomic E-state index is 3.70. The molecule has 0 aliphatic rings. The van der Waals surface area contributed by atoms with E-state index in [2.05, 4.69) is 78.0 Å². The minimum absolute atomic E-state index is 0.297. The third kappa shape index (κ3) is 5.36. The van der Waals surface area contributed by atoms with Gasteiger partial charge in [-0.3, -0.25) is 0 Å². The van der Waals surface area contributed by atoms with E-state index in [4.69, 9.17) is 0 Å². The van der Waals surface area contributed by atoms with Crippen molar-refractivity contribution in [1.29, 1.82) is 0 Å². The van der Waals surface area contributed by atoms with Crippen molar-refractivity contribution < 1.29 is 0 Å². The summed E-state index contributed by atoms with van der Waals surface area (Å²) in [5, 5.41) is 3.70. The van der Waals surface area contributed by atoms with Crippen LogP contribution in [0.25, 0.3) is 0 Å². The van der Waals surface area contributed by atoms with Crippen molar-refractivity contribution in [3.63, 3.8) is 0 Å². The molecule has 19 heavy (non-hydrogen) atoms. The van der Waals surface area contributed by atoms with Crippen LogP contribution in [0, 0.1) is 11.3 Å². The summed E-state index contributed by atoms with van der Waals surface area (Å²) in [6.45, 7) is 15.9. The molecule has 1 N–H and O–H groups in total. The van der Waals surface area contributed by atoms with Crippen molar-refractivity contribution in [3.05, 3.63) is 35.4 Å². The quantitative estimate of drug-likeness (QED) is 0.789. The SMILES string of the molecule is CC(C)Cc1ccc(C(C)NC(C)C(C)(C)C)cc1. The third-order valence-corrected chi connectivity index (χ3v) is 3.92. The van der Waals surface area contributed by atoms with E-state index >= 15 is 0 Å². The molecule has 0 spiro atoms. The Balaban J connectivity index is 2.65. The Kier molecular flexibility index (Phi) is 5.61. The van der Waals surface area contributed by atoms with Gasteiger partial charge >= 0.3 is 0 Å². The van der Waals surface area contributed by atoms with Gasteiger partial charge in [-0.25, -0.2) is 0 Å². The molecule has 0 saturated carbocycles. The molecule has 0 aliphatic carbocycles. The van der Waals surface area contributed by atoms with Gasteiger partial charge in [-0.1, -0.05) is 58.9 Å². The summed E-state index contributed by atoms with van der Waals surface area (Å²) in [5.41, 5.74) is 3.12.